The second kappa shape index (κ2) is 5.02. The Bertz CT molecular complexity index is 324. The molecular formula is C11H23NO3S. The molecule has 0 heterocycles. The molecule has 2 atom stereocenters. The number of hydrogen-bond acceptors (Lipinski definition) is 3. The molecule has 1 aliphatic carbocycles. The molecule has 0 saturated heterocycles. The van der Waals surface area contributed by atoms with E-state index in [4.69, 9.17) is 10.3 Å². The molecule has 2 unspecified atom stereocenters. The normalized spacial score (nSPS) is 27.6. The van der Waals surface area contributed by atoms with Gasteiger partial charge in [0, 0.05) is 0 Å². The van der Waals surface area contributed by atoms with Gasteiger partial charge in [0.1, 0.15) is 5.37 Å². The van der Waals surface area contributed by atoms with Crippen molar-refractivity contribution in [2.45, 2.75) is 57.7 Å². The lowest BCUT2D eigenvalue weighted by Crippen LogP contribution is -2.31. The molecule has 5 heteroatoms. The van der Waals surface area contributed by atoms with Crippen molar-refractivity contribution >= 4 is 10.1 Å². The molecule has 0 aromatic heterocycles. The molecule has 3 N–H and O–H groups in total. The van der Waals surface area contributed by atoms with Crippen LogP contribution in [0, 0.1) is 11.3 Å². The van der Waals surface area contributed by atoms with Crippen molar-refractivity contribution in [1.29, 1.82) is 0 Å². The molecule has 0 spiro atoms. The van der Waals surface area contributed by atoms with Crippen molar-refractivity contribution in [3.8, 4) is 0 Å². The van der Waals surface area contributed by atoms with E-state index in [1.54, 1.807) is 0 Å². The first-order valence-corrected chi connectivity index (χ1v) is 7.43. The van der Waals surface area contributed by atoms with Crippen LogP contribution in [0.4, 0.5) is 0 Å². The summed E-state index contributed by atoms with van der Waals surface area (Å²) in [7, 11) is -4.05. The Balaban J connectivity index is 2.39. The van der Waals surface area contributed by atoms with Gasteiger partial charge in [-0.3, -0.25) is 4.55 Å². The van der Waals surface area contributed by atoms with Crippen LogP contribution >= 0.6 is 0 Å². The Morgan fingerprint density at radius 2 is 2.12 bits per heavy atom. The third-order valence-electron chi connectivity index (χ3n) is 3.55. The molecule has 1 aliphatic rings. The molecule has 1 rings (SSSR count). The molecule has 0 radical (unpaired) electrons. The minimum absolute atomic E-state index is 0.361. The Kier molecular flexibility index (Phi) is 4.37. The molecule has 1 fully saturated rings. The minimum atomic E-state index is -4.05. The smallest absolute Gasteiger partial charge is 0.280 e. The lowest BCUT2D eigenvalue weighted by atomic mass is 9.71. The summed E-state index contributed by atoms with van der Waals surface area (Å²) < 4.78 is 30.3. The molecule has 0 aliphatic heterocycles. The van der Waals surface area contributed by atoms with Gasteiger partial charge in [-0.15, -0.1) is 0 Å². The SMILES string of the molecule is CC1(C)CCCC(CCC(N)S(=O)(=O)O)C1. The van der Waals surface area contributed by atoms with Crippen molar-refractivity contribution < 1.29 is 13.0 Å². The summed E-state index contributed by atoms with van der Waals surface area (Å²) in [6.07, 6.45) is 5.89. The third kappa shape index (κ3) is 4.39. The fourth-order valence-corrected chi connectivity index (χ4v) is 3.08. The van der Waals surface area contributed by atoms with Crippen LogP contribution in [-0.2, 0) is 10.1 Å². The maximum atomic E-state index is 10.8. The van der Waals surface area contributed by atoms with Crippen molar-refractivity contribution in [3.63, 3.8) is 0 Å². The fraction of sp³-hybridized carbons (Fsp3) is 1.00. The van der Waals surface area contributed by atoms with Gasteiger partial charge in [0.15, 0.2) is 0 Å². The van der Waals surface area contributed by atoms with Crippen LogP contribution < -0.4 is 5.73 Å². The summed E-state index contributed by atoms with van der Waals surface area (Å²) >= 11 is 0. The van der Waals surface area contributed by atoms with Gasteiger partial charge in [-0.25, -0.2) is 0 Å². The van der Waals surface area contributed by atoms with E-state index >= 15 is 0 Å². The van der Waals surface area contributed by atoms with E-state index in [2.05, 4.69) is 13.8 Å². The number of rotatable bonds is 4. The maximum Gasteiger partial charge on any atom is 0.280 e. The highest BCUT2D eigenvalue weighted by Gasteiger charge is 2.29. The van der Waals surface area contributed by atoms with E-state index in [0.717, 1.165) is 19.3 Å². The molecule has 0 aromatic rings. The Morgan fingerprint density at radius 1 is 1.50 bits per heavy atom. The van der Waals surface area contributed by atoms with E-state index in [-0.39, 0.29) is 0 Å². The maximum absolute atomic E-state index is 10.8. The summed E-state index contributed by atoms with van der Waals surface area (Å²) in [4.78, 5) is 0. The molecule has 16 heavy (non-hydrogen) atoms. The molecule has 4 nitrogen and oxygen atoms in total. The topological polar surface area (TPSA) is 80.4 Å². The Hall–Kier alpha value is -0.130. The molecule has 96 valence electrons. The summed E-state index contributed by atoms with van der Waals surface area (Å²) in [5, 5.41) is -1.11. The number of hydrogen-bond donors (Lipinski definition) is 2. The summed E-state index contributed by atoms with van der Waals surface area (Å²) in [6.45, 7) is 4.50. The van der Waals surface area contributed by atoms with Crippen molar-refractivity contribution in [2.75, 3.05) is 0 Å². The van der Waals surface area contributed by atoms with Crippen molar-refractivity contribution in [3.05, 3.63) is 0 Å². The fourth-order valence-electron chi connectivity index (χ4n) is 2.65. The predicted molar refractivity (Wildman–Crippen MR) is 64.5 cm³/mol. The van der Waals surface area contributed by atoms with Gasteiger partial charge in [-0.1, -0.05) is 26.7 Å². The van der Waals surface area contributed by atoms with Gasteiger partial charge in [0.05, 0.1) is 0 Å². The molecule has 1 saturated carbocycles. The second-order valence-electron chi connectivity index (χ2n) is 5.76. The van der Waals surface area contributed by atoms with E-state index in [0.29, 0.717) is 17.8 Å². The van der Waals surface area contributed by atoms with Crippen molar-refractivity contribution in [1.82, 2.24) is 0 Å². The Morgan fingerprint density at radius 3 is 2.62 bits per heavy atom. The van der Waals surface area contributed by atoms with Gasteiger partial charge >= 0.3 is 0 Å². The second-order valence-corrected chi connectivity index (χ2v) is 7.39. The molecule has 0 amide bonds. The third-order valence-corrected chi connectivity index (χ3v) is 4.55. The largest absolute Gasteiger partial charge is 0.313 e. The van der Waals surface area contributed by atoms with Gasteiger partial charge < -0.3 is 5.73 Å². The van der Waals surface area contributed by atoms with Gasteiger partial charge in [-0.2, -0.15) is 8.42 Å². The quantitative estimate of drug-likeness (QED) is 0.748. The van der Waals surface area contributed by atoms with Gasteiger partial charge in [-0.05, 0) is 37.0 Å². The number of nitrogens with two attached hydrogens (primary N) is 1. The van der Waals surface area contributed by atoms with Crippen LogP contribution in [0.5, 0.6) is 0 Å². The van der Waals surface area contributed by atoms with E-state index in [1.165, 1.54) is 12.8 Å². The van der Waals surface area contributed by atoms with Crippen LogP contribution in [0.2, 0.25) is 0 Å². The highest BCUT2D eigenvalue weighted by molar-refractivity contribution is 7.86. The standard InChI is InChI=1S/C11H23NO3S/c1-11(2)7-3-4-9(8-11)5-6-10(12)16(13,14)15/h9-10H,3-8,12H2,1-2H3,(H,13,14,15). The summed E-state index contributed by atoms with van der Waals surface area (Å²) in [5.41, 5.74) is 5.76. The Labute approximate surface area is 98.4 Å². The first-order valence-electron chi connectivity index (χ1n) is 5.93. The first-order chi connectivity index (χ1) is 7.21. The van der Waals surface area contributed by atoms with Crippen molar-refractivity contribution in [2.24, 2.45) is 17.1 Å². The summed E-state index contributed by atoms with van der Waals surface area (Å²) in [6, 6.07) is 0. The lowest BCUT2D eigenvalue weighted by molar-refractivity contribution is 0.171. The highest BCUT2D eigenvalue weighted by atomic mass is 32.2. The average molecular weight is 249 g/mol. The van der Waals surface area contributed by atoms with Crippen LogP contribution in [0.25, 0.3) is 0 Å². The van der Waals surface area contributed by atoms with Crippen LogP contribution in [0.15, 0.2) is 0 Å². The average Bonchev–Trinajstić information content (AvgIpc) is 2.11. The zero-order valence-corrected chi connectivity index (χ0v) is 11.0. The monoisotopic (exact) mass is 249 g/mol. The van der Waals surface area contributed by atoms with Crippen LogP contribution in [0.3, 0.4) is 0 Å². The first kappa shape index (κ1) is 13.9. The van der Waals surface area contributed by atoms with E-state index in [9.17, 15) is 8.42 Å². The minimum Gasteiger partial charge on any atom is -0.313 e. The molecule has 0 bridgehead atoms. The summed E-state index contributed by atoms with van der Waals surface area (Å²) in [5.74, 6) is 0.552. The zero-order valence-electron chi connectivity index (χ0n) is 10.1. The molecular weight excluding hydrogens is 226 g/mol. The highest BCUT2D eigenvalue weighted by Crippen LogP contribution is 2.40. The predicted octanol–water partition coefficient (Wildman–Crippen LogP) is 2.16. The van der Waals surface area contributed by atoms with E-state index < -0.39 is 15.5 Å². The van der Waals surface area contributed by atoms with Gasteiger partial charge in [0.2, 0.25) is 0 Å². The lowest BCUT2D eigenvalue weighted by Gasteiger charge is -2.35. The van der Waals surface area contributed by atoms with Crippen LogP contribution in [0.1, 0.15) is 52.4 Å². The molecule has 0 aromatic carbocycles. The van der Waals surface area contributed by atoms with Gasteiger partial charge in [0.25, 0.3) is 10.1 Å². The van der Waals surface area contributed by atoms with E-state index in [1.807, 2.05) is 0 Å². The zero-order chi connectivity index (χ0) is 12.4. The van der Waals surface area contributed by atoms with Crippen LogP contribution in [-0.4, -0.2) is 18.3 Å².